The topological polar surface area (TPSA) is 81.2 Å². The second kappa shape index (κ2) is 8.39. The molecule has 0 N–H and O–H groups in total. The van der Waals surface area contributed by atoms with Gasteiger partial charge < -0.3 is 0 Å². The Morgan fingerprint density at radius 3 is 2.12 bits per heavy atom. The average molecular weight is 370 g/mol. The normalized spacial score (nSPS) is 17.6. The summed E-state index contributed by atoms with van der Waals surface area (Å²) in [7, 11) is -7.37. The lowest BCUT2D eigenvalue weighted by Crippen LogP contribution is -2.16. The molecule has 3 rings (SSSR count). The van der Waals surface area contributed by atoms with Crippen molar-refractivity contribution in [1.29, 1.82) is 0 Å². The van der Waals surface area contributed by atoms with Gasteiger partial charge in [-0.2, -0.15) is 0 Å². The van der Waals surface area contributed by atoms with E-state index in [0.29, 0.717) is 5.56 Å². The first-order chi connectivity index (χ1) is 11.4. The molecule has 0 aliphatic carbocycles. The van der Waals surface area contributed by atoms with Gasteiger partial charge in [0, 0.05) is 6.20 Å². The molecule has 2 heterocycles. The number of nitrogens with zero attached hydrogens (tertiary/aromatic N) is 1. The molecule has 132 valence electrons. The van der Waals surface area contributed by atoms with E-state index in [1.54, 1.807) is 30.3 Å². The minimum Gasteiger partial charge on any atom is -0.245 e. The van der Waals surface area contributed by atoms with Gasteiger partial charge in [-0.15, -0.1) is 0 Å². The van der Waals surface area contributed by atoms with Crippen LogP contribution >= 0.6 is 0 Å². The van der Waals surface area contributed by atoms with Crippen LogP contribution in [0.15, 0.2) is 58.6 Å². The SMILES string of the molecule is CC.CC.O=S1(=O)CC(S(=O)(=O)c2ccccn2)c2ccccc21. The molecule has 0 fully saturated rings. The van der Waals surface area contributed by atoms with Crippen LogP contribution in [0.25, 0.3) is 0 Å². The molecule has 1 aliphatic rings. The van der Waals surface area contributed by atoms with Gasteiger partial charge in [0.25, 0.3) is 0 Å². The highest BCUT2D eigenvalue weighted by molar-refractivity contribution is 7.96. The first-order valence-corrected chi connectivity index (χ1v) is 11.1. The number of benzene rings is 1. The molecule has 0 saturated heterocycles. The van der Waals surface area contributed by atoms with Gasteiger partial charge in [0.2, 0.25) is 9.84 Å². The van der Waals surface area contributed by atoms with Gasteiger partial charge in [0.1, 0.15) is 5.25 Å². The number of rotatable bonds is 2. The zero-order chi connectivity index (χ0) is 18.4. The molecule has 1 aromatic carbocycles. The molecule has 1 atom stereocenters. The van der Waals surface area contributed by atoms with E-state index in [1.165, 1.54) is 18.3 Å². The van der Waals surface area contributed by atoms with Crippen LogP contribution in [0.3, 0.4) is 0 Å². The highest BCUT2D eigenvalue weighted by Gasteiger charge is 2.43. The summed E-state index contributed by atoms with van der Waals surface area (Å²) in [6.07, 6.45) is 1.38. The summed E-state index contributed by atoms with van der Waals surface area (Å²) in [6, 6.07) is 10.8. The van der Waals surface area contributed by atoms with Gasteiger partial charge in [0.15, 0.2) is 14.9 Å². The molecule has 0 saturated carbocycles. The van der Waals surface area contributed by atoms with Crippen LogP contribution in [0.5, 0.6) is 0 Å². The standard InChI is InChI=1S/C13H11NO4S2.2C2H6/c15-19(16)9-12(10-5-1-2-6-11(10)19)20(17,18)13-7-3-4-8-14-13;2*1-2/h1-8,12H,9H2;2*1-2H3. The Kier molecular flexibility index (Phi) is 7.10. The third kappa shape index (κ3) is 3.84. The van der Waals surface area contributed by atoms with Crippen molar-refractivity contribution >= 4 is 19.7 Å². The molecular formula is C17H23NO4S2. The van der Waals surface area contributed by atoms with E-state index in [4.69, 9.17) is 0 Å². The van der Waals surface area contributed by atoms with E-state index in [9.17, 15) is 16.8 Å². The van der Waals surface area contributed by atoms with Gasteiger partial charge in [-0.3, -0.25) is 0 Å². The van der Waals surface area contributed by atoms with Crippen LogP contribution in [0, 0.1) is 0 Å². The quantitative estimate of drug-likeness (QED) is 0.810. The van der Waals surface area contributed by atoms with Crippen LogP contribution in [-0.4, -0.2) is 27.6 Å². The van der Waals surface area contributed by atoms with Crippen LogP contribution in [0.4, 0.5) is 0 Å². The fraction of sp³-hybridized carbons (Fsp3) is 0.353. The molecule has 1 unspecified atom stereocenters. The van der Waals surface area contributed by atoms with E-state index in [2.05, 4.69) is 4.98 Å². The molecule has 1 aromatic heterocycles. The average Bonchev–Trinajstić information content (AvgIpc) is 2.92. The number of hydrogen-bond donors (Lipinski definition) is 0. The molecular weight excluding hydrogens is 346 g/mol. The number of sulfone groups is 2. The molecule has 24 heavy (non-hydrogen) atoms. The summed E-state index contributed by atoms with van der Waals surface area (Å²) in [6.45, 7) is 8.00. The van der Waals surface area contributed by atoms with Crippen molar-refractivity contribution in [2.45, 2.75) is 42.9 Å². The molecule has 2 aromatic rings. The Hall–Kier alpha value is -1.73. The lowest BCUT2D eigenvalue weighted by Gasteiger charge is -2.10. The van der Waals surface area contributed by atoms with Crippen molar-refractivity contribution in [3.05, 3.63) is 54.2 Å². The number of pyridine rings is 1. The second-order valence-electron chi connectivity index (χ2n) is 4.52. The van der Waals surface area contributed by atoms with Gasteiger partial charge in [-0.25, -0.2) is 21.8 Å². The van der Waals surface area contributed by atoms with Crippen molar-refractivity contribution in [3.63, 3.8) is 0 Å². The molecule has 0 spiro atoms. The molecule has 7 heteroatoms. The summed E-state index contributed by atoms with van der Waals surface area (Å²) < 4.78 is 49.2. The highest BCUT2D eigenvalue weighted by atomic mass is 32.2. The zero-order valence-corrected chi connectivity index (χ0v) is 15.9. The van der Waals surface area contributed by atoms with Crippen molar-refractivity contribution in [3.8, 4) is 0 Å². The molecule has 5 nitrogen and oxygen atoms in total. The van der Waals surface area contributed by atoms with E-state index in [0.717, 1.165) is 0 Å². The summed E-state index contributed by atoms with van der Waals surface area (Å²) in [5, 5.41) is -1.18. The van der Waals surface area contributed by atoms with Crippen LogP contribution in [0.2, 0.25) is 0 Å². The summed E-state index contributed by atoms with van der Waals surface area (Å²) >= 11 is 0. The Morgan fingerprint density at radius 1 is 0.958 bits per heavy atom. The third-order valence-corrected chi connectivity index (χ3v) is 7.29. The first-order valence-electron chi connectivity index (χ1n) is 7.89. The maximum atomic E-state index is 12.6. The number of aromatic nitrogens is 1. The number of hydrogen-bond acceptors (Lipinski definition) is 5. The Balaban J connectivity index is 0.000000671. The summed E-state index contributed by atoms with van der Waals surface area (Å²) in [5.41, 5.74) is 0.332. The van der Waals surface area contributed by atoms with E-state index in [-0.39, 0.29) is 9.92 Å². The molecule has 0 bridgehead atoms. The van der Waals surface area contributed by atoms with Gasteiger partial charge in [0.05, 0.1) is 10.6 Å². The van der Waals surface area contributed by atoms with Crippen molar-refractivity contribution in [1.82, 2.24) is 4.98 Å². The van der Waals surface area contributed by atoms with E-state index in [1.807, 2.05) is 27.7 Å². The second-order valence-corrected chi connectivity index (χ2v) is 8.60. The summed E-state index contributed by atoms with van der Waals surface area (Å²) in [5.74, 6) is -0.425. The first kappa shape index (κ1) is 20.3. The third-order valence-electron chi connectivity index (χ3n) is 3.28. The van der Waals surface area contributed by atoms with Crippen molar-refractivity contribution in [2.75, 3.05) is 5.75 Å². The maximum absolute atomic E-state index is 12.6. The monoisotopic (exact) mass is 369 g/mol. The van der Waals surface area contributed by atoms with Crippen molar-refractivity contribution in [2.24, 2.45) is 0 Å². The lowest BCUT2D eigenvalue weighted by molar-refractivity contribution is 0.579. The Bertz CT molecular complexity index is 860. The predicted octanol–water partition coefficient (Wildman–Crippen LogP) is 3.44. The fourth-order valence-corrected chi connectivity index (χ4v) is 6.58. The molecule has 0 radical (unpaired) electrons. The van der Waals surface area contributed by atoms with E-state index < -0.39 is 30.7 Å². The summed E-state index contributed by atoms with van der Waals surface area (Å²) in [4.78, 5) is 3.93. The smallest absolute Gasteiger partial charge is 0.203 e. The lowest BCUT2D eigenvalue weighted by atomic mass is 10.2. The minimum absolute atomic E-state index is 0.100. The van der Waals surface area contributed by atoms with Gasteiger partial charge in [-0.05, 0) is 23.8 Å². The van der Waals surface area contributed by atoms with Crippen LogP contribution in [-0.2, 0) is 19.7 Å². The number of fused-ring (bicyclic) bond motifs is 1. The fourth-order valence-electron chi connectivity index (χ4n) is 2.33. The highest BCUT2D eigenvalue weighted by Crippen LogP contribution is 2.40. The largest absolute Gasteiger partial charge is 0.245 e. The van der Waals surface area contributed by atoms with Gasteiger partial charge in [-0.1, -0.05) is 52.0 Å². The Morgan fingerprint density at radius 2 is 1.54 bits per heavy atom. The molecule has 0 amide bonds. The maximum Gasteiger partial charge on any atom is 0.203 e. The Labute approximate surface area is 144 Å². The van der Waals surface area contributed by atoms with Crippen LogP contribution < -0.4 is 0 Å². The minimum atomic E-state index is -3.81. The van der Waals surface area contributed by atoms with Crippen LogP contribution in [0.1, 0.15) is 38.5 Å². The predicted molar refractivity (Wildman–Crippen MR) is 95.4 cm³/mol. The van der Waals surface area contributed by atoms with Crippen molar-refractivity contribution < 1.29 is 16.8 Å². The zero-order valence-electron chi connectivity index (χ0n) is 14.3. The van der Waals surface area contributed by atoms with E-state index >= 15 is 0 Å². The molecule has 1 aliphatic heterocycles. The van der Waals surface area contributed by atoms with Gasteiger partial charge >= 0.3 is 0 Å².